The van der Waals surface area contributed by atoms with E-state index in [1.807, 2.05) is 36.7 Å². The van der Waals surface area contributed by atoms with Crippen LogP contribution in [0.4, 0.5) is 5.69 Å². The first-order chi connectivity index (χ1) is 12.7. The van der Waals surface area contributed by atoms with Gasteiger partial charge in [-0.1, -0.05) is 17.7 Å². The van der Waals surface area contributed by atoms with E-state index in [4.69, 9.17) is 28.2 Å². The summed E-state index contributed by atoms with van der Waals surface area (Å²) in [7, 11) is 0. The number of nitrogens with one attached hydrogen (secondary N) is 2. The van der Waals surface area contributed by atoms with Crippen molar-refractivity contribution in [3.63, 3.8) is 0 Å². The molecule has 0 radical (unpaired) electrons. The first kappa shape index (κ1) is 17.2. The molecule has 4 rings (SSSR count). The third-order valence-electron chi connectivity index (χ3n) is 4.59. The summed E-state index contributed by atoms with van der Waals surface area (Å²) in [5.41, 5.74) is 2.09. The predicted octanol–water partition coefficient (Wildman–Crippen LogP) is 1.70. The number of benzene rings is 1. The van der Waals surface area contributed by atoms with E-state index in [-0.39, 0.29) is 0 Å². The van der Waals surface area contributed by atoms with Crippen LogP contribution in [0.1, 0.15) is 0 Å². The molecular weight excluding hydrogens is 370 g/mol. The van der Waals surface area contributed by atoms with Crippen molar-refractivity contribution >= 4 is 29.5 Å². The molecule has 1 fully saturated rings. The number of pyridine rings is 1. The summed E-state index contributed by atoms with van der Waals surface area (Å²) in [5, 5.41) is 5.19. The van der Waals surface area contributed by atoms with Crippen molar-refractivity contribution in [1.29, 1.82) is 0 Å². The molecule has 0 amide bonds. The molecule has 0 bridgehead atoms. The molecule has 134 valence electrons. The Bertz CT molecular complexity index is 934. The lowest BCUT2D eigenvalue weighted by Crippen LogP contribution is -3.14. The average molecular weight is 390 g/mol. The molecule has 1 saturated heterocycles. The molecule has 2 N–H and O–H groups in total. The van der Waals surface area contributed by atoms with Gasteiger partial charge in [-0.05, 0) is 30.4 Å². The van der Waals surface area contributed by atoms with E-state index in [2.05, 4.69) is 27.1 Å². The van der Waals surface area contributed by atoms with Crippen molar-refractivity contribution in [2.24, 2.45) is 0 Å². The SMILES string of the molecule is S=c1oc(-c2cccc(Cl)c2)nn1C[NH+]1CCN(c2cc[nH+]cc2)CC1. The quantitative estimate of drug-likeness (QED) is 0.690. The van der Waals surface area contributed by atoms with Gasteiger partial charge < -0.3 is 14.2 Å². The summed E-state index contributed by atoms with van der Waals surface area (Å²) in [6, 6.07) is 11.7. The standard InChI is InChI=1S/C18H18ClN5OS/c19-15-3-1-2-14(12-15)17-21-24(18(26)25-17)13-22-8-10-23(11-9-22)16-4-6-20-7-5-16/h1-7,12H,8-11,13H2/p+2. The smallest absolute Gasteiger partial charge is 0.292 e. The molecule has 1 aromatic carbocycles. The van der Waals surface area contributed by atoms with Crippen molar-refractivity contribution in [2.75, 3.05) is 31.1 Å². The first-order valence-electron chi connectivity index (χ1n) is 8.57. The predicted molar refractivity (Wildman–Crippen MR) is 102 cm³/mol. The number of quaternary nitrogens is 1. The van der Waals surface area contributed by atoms with Crippen LogP contribution in [0.2, 0.25) is 5.02 Å². The minimum absolute atomic E-state index is 0.397. The molecule has 3 aromatic rings. The largest absolute Gasteiger partial charge is 0.409 e. The molecule has 3 heterocycles. The lowest BCUT2D eigenvalue weighted by molar-refractivity contribution is -0.924. The van der Waals surface area contributed by atoms with Crippen molar-refractivity contribution in [3.05, 3.63) is 58.7 Å². The van der Waals surface area contributed by atoms with Crippen LogP contribution < -0.4 is 14.8 Å². The van der Waals surface area contributed by atoms with Gasteiger partial charge in [0.25, 0.3) is 4.84 Å². The summed E-state index contributed by atoms with van der Waals surface area (Å²) in [5.74, 6) is 0.510. The zero-order valence-corrected chi connectivity index (χ0v) is 15.8. The van der Waals surface area contributed by atoms with E-state index in [1.54, 1.807) is 4.68 Å². The van der Waals surface area contributed by atoms with Crippen LogP contribution in [-0.4, -0.2) is 36.0 Å². The third kappa shape index (κ3) is 3.80. The maximum Gasteiger partial charge on any atom is 0.292 e. The van der Waals surface area contributed by atoms with Crippen LogP contribution in [0, 0.1) is 4.84 Å². The van der Waals surface area contributed by atoms with Crippen LogP contribution in [0.5, 0.6) is 0 Å². The summed E-state index contributed by atoms with van der Waals surface area (Å²) in [6.45, 7) is 4.77. The van der Waals surface area contributed by atoms with Crippen LogP contribution in [0.3, 0.4) is 0 Å². The normalized spacial score (nSPS) is 15.3. The zero-order valence-electron chi connectivity index (χ0n) is 14.2. The molecular formula is C18H20ClN5OS+2. The number of aromatic nitrogens is 3. The summed E-state index contributed by atoms with van der Waals surface area (Å²) < 4.78 is 7.44. The number of rotatable bonds is 4. The maximum absolute atomic E-state index is 6.05. The molecule has 0 saturated carbocycles. The number of halogens is 1. The Morgan fingerprint density at radius 1 is 1.19 bits per heavy atom. The fourth-order valence-corrected chi connectivity index (χ4v) is 3.56. The van der Waals surface area contributed by atoms with E-state index in [1.165, 1.54) is 10.6 Å². The van der Waals surface area contributed by atoms with Gasteiger partial charge >= 0.3 is 0 Å². The van der Waals surface area contributed by atoms with Crippen molar-refractivity contribution in [1.82, 2.24) is 9.78 Å². The number of aromatic amines is 1. The molecule has 0 aliphatic carbocycles. The Morgan fingerprint density at radius 3 is 2.69 bits per heavy atom. The van der Waals surface area contributed by atoms with E-state index in [0.717, 1.165) is 31.7 Å². The van der Waals surface area contributed by atoms with Crippen molar-refractivity contribution in [3.8, 4) is 11.5 Å². The molecule has 2 aromatic heterocycles. The van der Waals surface area contributed by atoms with Crippen LogP contribution in [0.25, 0.3) is 11.5 Å². The van der Waals surface area contributed by atoms with E-state index >= 15 is 0 Å². The van der Waals surface area contributed by atoms with Crippen LogP contribution in [0.15, 0.2) is 53.2 Å². The third-order valence-corrected chi connectivity index (χ3v) is 5.12. The Morgan fingerprint density at radius 2 is 1.96 bits per heavy atom. The van der Waals surface area contributed by atoms with Crippen molar-refractivity contribution < 1.29 is 14.3 Å². The van der Waals surface area contributed by atoms with Gasteiger partial charge in [0, 0.05) is 28.4 Å². The van der Waals surface area contributed by atoms with Crippen molar-refractivity contribution in [2.45, 2.75) is 6.67 Å². The highest BCUT2D eigenvalue weighted by atomic mass is 35.5. The number of nitrogens with zero attached hydrogens (tertiary/aromatic N) is 3. The number of anilines is 1. The van der Waals surface area contributed by atoms with E-state index in [0.29, 0.717) is 22.4 Å². The molecule has 0 spiro atoms. The lowest BCUT2D eigenvalue weighted by Gasteiger charge is -2.32. The molecule has 1 aliphatic heterocycles. The Balaban J connectivity index is 1.42. The number of H-pyrrole nitrogens is 1. The van der Waals surface area contributed by atoms with Gasteiger partial charge in [-0.25, -0.2) is 4.98 Å². The Hall–Kier alpha value is -2.22. The second-order valence-electron chi connectivity index (χ2n) is 6.34. The fourth-order valence-electron chi connectivity index (χ4n) is 3.18. The maximum atomic E-state index is 6.05. The minimum Gasteiger partial charge on any atom is -0.409 e. The fraction of sp³-hybridized carbons (Fsp3) is 0.278. The van der Waals surface area contributed by atoms with Gasteiger partial charge in [-0.3, -0.25) is 0 Å². The lowest BCUT2D eigenvalue weighted by atomic mass is 10.2. The average Bonchev–Trinajstić information content (AvgIpc) is 3.04. The van der Waals surface area contributed by atoms with Gasteiger partial charge in [0.1, 0.15) is 0 Å². The van der Waals surface area contributed by atoms with Gasteiger partial charge in [-0.15, -0.1) is 5.10 Å². The van der Waals surface area contributed by atoms with Gasteiger partial charge in [0.2, 0.25) is 5.89 Å². The highest BCUT2D eigenvalue weighted by molar-refractivity contribution is 7.71. The Kier molecular flexibility index (Phi) is 5.01. The topological polar surface area (TPSA) is 52.8 Å². The number of hydrogen-bond donors (Lipinski definition) is 1. The summed E-state index contributed by atoms with van der Waals surface area (Å²) in [4.78, 5) is 7.30. The second-order valence-corrected chi connectivity index (χ2v) is 7.12. The van der Waals surface area contributed by atoms with E-state index < -0.39 is 0 Å². The second kappa shape index (κ2) is 7.57. The first-order valence-corrected chi connectivity index (χ1v) is 9.36. The Labute approximate surface area is 161 Å². The summed E-state index contributed by atoms with van der Waals surface area (Å²) in [6.07, 6.45) is 3.92. The molecule has 0 atom stereocenters. The summed E-state index contributed by atoms with van der Waals surface area (Å²) >= 11 is 11.4. The minimum atomic E-state index is 0.397. The highest BCUT2D eigenvalue weighted by Gasteiger charge is 2.22. The van der Waals surface area contributed by atoms with Crippen LogP contribution >= 0.6 is 23.8 Å². The molecule has 8 heteroatoms. The van der Waals surface area contributed by atoms with Gasteiger partial charge in [0.05, 0.1) is 26.2 Å². The number of hydrogen-bond acceptors (Lipinski definition) is 4. The molecule has 6 nitrogen and oxygen atoms in total. The molecule has 26 heavy (non-hydrogen) atoms. The highest BCUT2D eigenvalue weighted by Crippen LogP contribution is 2.21. The monoisotopic (exact) mass is 389 g/mol. The van der Waals surface area contributed by atoms with Gasteiger partial charge in [-0.2, -0.15) is 4.68 Å². The van der Waals surface area contributed by atoms with Gasteiger partial charge in [0.15, 0.2) is 19.1 Å². The number of piperazine rings is 1. The van der Waals surface area contributed by atoms with E-state index in [9.17, 15) is 0 Å². The molecule has 0 unspecified atom stereocenters. The zero-order chi connectivity index (χ0) is 17.9. The molecule has 1 aliphatic rings. The van der Waals surface area contributed by atoms with Crippen LogP contribution in [-0.2, 0) is 6.67 Å².